The number of aryl methyl sites for hydroxylation is 2. The fraction of sp³-hybridized carbons (Fsp3) is 0.500. The van der Waals surface area contributed by atoms with E-state index in [-0.39, 0.29) is 24.4 Å². The number of benzene rings is 1. The van der Waals surface area contributed by atoms with E-state index in [2.05, 4.69) is 5.32 Å². The first-order chi connectivity index (χ1) is 9.54. The first-order valence-corrected chi connectivity index (χ1v) is 7.09. The SMILES string of the molecule is Cc1cc(C)cc(NC(=O)COC(=O)C2CCCC2)c1. The smallest absolute Gasteiger partial charge is 0.309 e. The molecular weight excluding hydrogens is 254 g/mol. The standard InChI is InChI=1S/C16H21NO3/c1-11-7-12(2)9-14(8-11)17-15(18)10-20-16(19)13-5-3-4-6-13/h7-9,13H,3-6,10H2,1-2H3,(H,17,18). The highest BCUT2D eigenvalue weighted by atomic mass is 16.5. The van der Waals surface area contributed by atoms with Crippen molar-refractivity contribution in [1.82, 2.24) is 0 Å². The minimum Gasteiger partial charge on any atom is -0.455 e. The van der Waals surface area contributed by atoms with Crippen LogP contribution in [0.4, 0.5) is 5.69 Å². The van der Waals surface area contributed by atoms with Gasteiger partial charge in [-0.1, -0.05) is 18.9 Å². The Labute approximate surface area is 119 Å². The van der Waals surface area contributed by atoms with Gasteiger partial charge >= 0.3 is 5.97 Å². The zero-order chi connectivity index (χ0) is 14.5. The molecule has 0 atom stereocenters. The number of hydrogen-bond acceptors (Lipinski definition) is 3. The molecule has 0 radical (unpaired) electrons. The van der Waals surface area contributed by atoms with Crippen molar-refractivity contribution in [1.29, 1.82) is 0 Å². The first kappa shape index (κ1) is 14.6. The summed E-state index contributed by atoms with van der Waals surface area (Å²) in [5, 5.41) is 2.75. The Kier molecular flexibility index (Phi) is 4.77. The molecule has 0 aromatic heterocycles. The van der Waals surface area contributed by atoms with E-state index >= 15 is 0 Å². The third-order valence-electron chi connectivity index (χ3n) is 3.54. The third kappa shape index (κ3) is 4.08. The zero-order valence-corrected chi connectivity index (χ0v) is 12.1. The molecule has 1 aromatic rings. The molecule has 0 bridgehead atoms. The van der Waals surface area contributed by atoms with Gasteiger partial charge in [-0.2, -0.15) is 0 Å². The molecule has 1 saturated carbocycles. The largest absolute Gasteiger partial charge is 0.455 e. The van der Waals surface area contributed by atoms with Gasteiger partial charge in [-0.15, -0.1) is 0 Å². The van der Waals surface area contributed by atoms with Crippen LogP contribution >= 0.6 is 0 Å². The van der Waals surface area contributed by atoms with Crippen molar-refractivity contribution in [2.45, 2.75) is 39.5 Å². The van der Waals surface area contributed by atoms with Gasteiger partial charge in [0.15, 0.2) is 6.61 Å². The second kappa shape index (κ2) is 6.55. The Morgan fingerprint density at radius 1 is 1.15 bits per heavy atom. The molecule has 1 fully saturated rings. The number of carbonyl (C=O) groups is 2. The lowest BCUT2D eigenvalue weighted by atomic mass is 10.1. The van der Waals surface area contributed by atoms with E-state index in [1.54, 1.807) is 0 Å². The predicted octanol–water partition coefficient (Wildman–Crippen LogP) is 2.98. The number of ether oxygens (including phenoxy) is 1. The average molecular weight is 275 g/mol. The molecule has 0 aliphatic heterocycles. The molecule has 0 unspecified atom stereocenters. The minimum atomic E-state index is -0.290. The lowest BCUT2D eigenvalue weighted by Gasteiger charge is -2.10. The van der Waals surface area contributed by atoms with E-state index in [1.165, 1.54) is 0 Å². The van der Waals surface area contributed by atoms with Crippen molar-refractivity contribution >= 4 is 17.6 Å². The molecule has 1 N–H and O–H groups in total. The van der Waals surface area contributed by atoms with E-state index in [1.807, 2.05) is 32.0 Å². The molecule has 1 aliphatic carbocycles. The van der Waals surface area contributed by atoms with Crippen molar-refractivity contribution in [3.63, 3.8) is 0 Å². The summed E-state index contributed by atoms with van der Waals surface area (Å²) in [7, 11) is 0. The topological polar surface area (TPSA) is 55.4 Å². The second-order valence-corrected chi connectivity index (χ2v) is 5.51. The van der Waals surface area contributed by atoms with Gasteiger partial charge in [0, 0.05) is 5.69 Å². The Morgan fingerprint density at radius 3 is 2.35 bits per heavy atom. The molecular formula is C16H21NO3. The predicted molar refractivity (Wildman–Crippen MR) is 77.5 cm³/mol. The van der Waals surface area contributed by atoms with Crippen LogP contribution in [-0.4, -0.2) is 18.5 Å². The number of carbonyl (C=O) groups excluding carboxylic acids is 2. The van der Waals surface area contributed by atoms with Crippen molar-refractivity contribution in [2.75, 3.05) is 11.9 Å². The van der Waals surface area contributed by atoms with Crippen LogP contribution in [0.5, 0.6) is 0 Å². The lowest BCUT2D eigenvalue weighted by Crippen LogP contribution is -2.23. The maximum absolute atomic E-state index is 11.8. The van der Waals surface area contributed by atoms with E-state index < -0.39 is 0 Å². The number of rotatable bonds is 4. The highest BCUT2D eigenvalue weighted by Gasteiger charge is 2.24. The fourth-order valence-electron chi connectivity index (χ4n) is 2.66. The van der Waals surface area contributed by atoms with Gasteiger partial charge in [-0.25, -0.2) is 0 Å². The summed E-state index contributed by atoms with van der Waals surface area (Å²) in [5.41, 5.74) is 2.91. The van der Waals surface area contributed by atoms with Gasteiger partial charge in [0.1, 0.15) is 0 Å². The molecule has 4 heteroatoms. The number of esters is 1. The highest BCUT2D eigenvalue weighted by Crippen LogP contribution is 2.25. The van der Waals surface area contributed by atoms with E-state index in [0.717, 1.165) is 42.5 Å². The molecule has 0 saturated heterocycles. The van der Waals surface area contributed by atoms with Crippen molar-refractivity contribution in [2.24, 2.45) is 5.92 Å². The molecule has 20 heavy (non-hydrogen) atoms. The summed E-state index contributed by atoms with van der Waals surface area (Å²) in [6.07, 6.45) is 3.93. The highest BCUT2D eigenvalue weighted by molar-refractivity contribution is 5.93. The Bertz CT molecular complexity index is 484. The third-order valence-corrected chi connectivity index (χ3v) is 3.54. The Hall–Kier alpha value is -1.84. The zero-order valence-electron chi connectivity index (χ0n) is 12.1. The molecule has 4 nitrogen and oxygen atoms in total. The molecule has 108 valence electrons. The molecule has 0 heterocycles. The summed E-state index contributed by atoms with van der Waals surface area (Å²) >= 11 is 0. The minimum absolute atomic E-state index is 0.0102. The Morgan fingerprint density at radius 2 is 1.75 bits per heavy atom. The molecule has 1 aliphatic rings. The first-order valence-electron chi connectivity index (χ1n) is 7.09. The summed E-state index contributed by atoms with van der Waals surface area (Å²) in [4.78, 5) is 23.5. The van der Waals surface area contributed by atoms with E-state index in [4.69, 9.17) is 4.74 Å². The summed E-state index contributed by atoms with van der Waals surface area (Å²) in [6, 6.07) is 5.82. The molecule has 0 spiro atoms. The van der Waals surface area contributed by atoms with Crippen LogP contribution in [0.1, 0.15) is 36.8 Å². The number of hydrogen-bond donors (Lipinski definition) is 1. The van der Waals surface area contributed by atoms with Crippen LogP contribution in [0, 0.1) is 19.8 Å². The molecule has 1 aromatic carbocycles. The maximum Gasteiger partial charge on any atom is 0.309 e. The van der Waals surface area contributed by atoms with Crippen LogP contribution in [-0.2, 0) is 14.3 Å². The van der Waals surface area contributed by atoms with Crippen molar-refractivity contribution < 1.29 is 14.3 Å². The normalized spacial score (nSPS) is 15.1. The van der Waals surface area contributed by atoms with Gasteiger partial charge in [-0.05, 0) is 49.9 Å². The molecule has 2 rings (SSSR count). The number of amides is 1. The van der Waals surface area contributed by atoms with Gasteiger partial charge in [-0.3, -0.25) is 9.59 Å². The van der Waals surface area contributed by atoms with Gasteiger partial charge in [0.05, 0.1) is 5.92 Å². The summed E-state index contributed by atoms with van der Waals surface area (Å²) in [6.45, 7) is 3.74. The van der Waals surface area contributed by atoms with Crippen LogP contribution in [0.2, 0.25) is 0 Å². The average Bonchev–Trinajstić information content (AvgIpc) is 2.88. The number of nitrogens with one attached hydrogen (secondary N) is 1. The summed E-state index contributed by atoms with van der Waals surface area (Å²) < 4.78 is 5.07. The lowest BCUT2D eigenvalue weighted by molar-refractivity contribution is -0.151. The van der Waals surface area contributed by atoms with E-state index in [9.17, 15) is 9.59 Å². The van der Waals surface area contributed by atoms with Gasteiger partial charge in [0.2, 0.25) is 0 Å². The van der Waals surface area contributed by atoms with Crippen LogP contribution < -0.4 is 5.32 Å². The van der Waals surface area contributed by atoms with Crippen molar-refractivity contribution in [3.8, 4) is 0 Å². The summed E-state index contributed by atoms with van der Waals surface area (Å²) in [5.74, 6) is -0.538. The Balaban J connectivity index is 1.81. The van der Waals surface area contributed by atoms with Gasteiger partial charge < -0.3 is 10.1 Å². The quantitative estimate of drug-likeness (QED) is 0.859. The fourth-order valence-corrected chi connectivity index (χ4v) is 2.66. The van der Waals surface area contributed by atoms with Crippen molar-refractivity contribution in [3.05, 3.63) is 29.3 Å². The second-order valence-electron chi connectivity index (χ2n) is 5.51. The monoisotopic (exact) mass is 275 g/mol. The van der Waals surface area contributed by atoms with Crippen LogP contribution in [0.3, 0.4) is 0 Å². The van der Waals surface area contributed by atoms with Crippen LogP contribution in [0.25, 0.3) is 0 Å². The van der Waals surface area contributed by atoms with Crippen LogP contribution in [0.15, 0.2) is 18.2 Å². The van der Waals surface area contributed by atoms with E-state index in [0.29, 0.717) is 0 Å². The molecule has 1 amide bonds. The van der Waals surface area contributed by atoms with Gasteiger partial charge in [0.25, 0.3) is 5.91 Å². The number of anilines is 1. The maximum atomic E-state index is 11.8.